The predicted molar refractivity (Wildman–Crippen MR) is 128 cm³/mol. The molecule has 0 aliphatic heterocycles. The Labute approximate surface area is 218 Å². The largest absolute Gasteiger partial charge is 0.576 e. The minimum absolute atomic E-state index is 0.109. The van der Waals surface area contributed by atoms with Gasteiger partial charge in [-0.3, -0.25) is 0 Å². The van der Waals surface area contributed by atoms with Crippen LogP contribution in [0, 0.1) is 0 Å². The molecule has 202 valence electrons. The van der Waals surface area contributed by atoms with Crippen molar-refractivity contribution in [3.05, 3.63) is 97.1 Å². The first-order chi connectivity index (χ1) is 18.5. The molecule has 0 fully saturated rings. The van der Waals surface area contributed by atoms with Gasteiger partial charge >= 0.3 is 20.4 Å². The molecule has 0 aliphatic rings. The second-order valence-corrected chi connectivity index (χ2v) is 7.59. The van der Waals surface area contributed by atoms with Gasteiger partial charge in [0.2, 0.25) is 0 Å². The van der Waals surface area contributed by atoms with Crippen molar-refractivity contribution in [2.45, 2.75) is 12.7 Å². The Balaban J connectivity index is 1.21. The number of hydrogen-bond acceptors (Lipinski definition) is 6. The average molecular weight is 550 g/mol. The van der Waals surface area contributed by atoms with Crippen molar-refractivity contribution in [3.8, 4) is 46.0 Å². The van der Waals surface area contributed by atoms with E-state index in [1.54, 1.807) is 48.5 Å². The van der Waals surface area contributed by atoms with E-state index >= 15 is 0 Å². The van der Waals surface area contributed by atoms with E-state index in [0.29, 0.717) is 34.5 Å². The van der Waals surface area contributed by atoms with Gasteiger partial charge in [0.05, 0.1) is 0 Å². The van der Waals surface area contributed by atoms with E-state index in [-0.39, 0.29) is 19.2 Å². The summed E-state index contributed by atoms with van der Waals surface area (Å²) in [4.78, 5) is 0. The molecule has 0 bridgehead atoms. The fourth-order valence-corrected chi connectivity index (χ4v) is 3.06. The van der Waals surface area contributed by atoms with E-state index in [9.17, 15) is 26.3 Å². The lowest BCUT2D eigenvalue weighted by Gasteiger charge is -2.11. The van der Waals surface area contributed by atoms with Gasteiger partial charge in [0.25, 0.3) is 0 Å². The highest BCUT2D eigenvalue weighted by atomic mass is 19.4. The average Bonchev–Trinajstić information content (AvgIpc) is 2.87. The van der Waals surface area contributed by atoms with E-state index in [4.69, 9.17) is 18.8 Å². The first kappa shape index (κ1) is 27.4. The van der Waals surface area contributed by atoms with Crippen LogP contribution in [-0.4, -0.2) is 20.4 Å². The molecule has 0 amide bonds. The summed E-state index contributed by atoms with van der Waals surface area (Å²) in [7, 11) is -0.109. The molecule has 4 aromatic rings. The lowest BCUT2D eigenvalue weighted by atomic mass is 10.2. The van der Waals surface area contributed by atoms with E-state index in [1.807, 2.05) is 0 Å². The molecule has 0 aliphatic carbocycles. The number of rotatable bonds is 10. The topological polar surface area (TPSA) is 55.4 Å². The molecule has 0 spiro atoms. The maximum atomic E-state index is 12.2. The van der Waals surface area contributed by atoms with E-state index < -0.39 is 12.7 Å². The molecular weight excluding hydrogens is 533 g/mol. The van der Waals surface area contributed by atoms with Gasteiger partial charge in [-0.15, -0.1) is 26.3 Å². The van der Waals surface area contributed by atoms with Crippen LogP contribution in [0.1, 0.15) is 0 Å². The molecule has 0 atom stereocenters. The molecule has 4 rings (SSSR count). The summed E-state index contributed by atoms with van der Waals surface area (Å²) >= 11 is 0. The van der Waals surface area contributed by atoms with Crippen LogP contribution in [0.2, 0.25) is 0 Å². The van der Waals surface area contributed by atoms with Gasteiger partial charge in [-0.2, -0.15) is 0 Å². The van der Waals surface area contributed by atoms with Gasteiger partial charge in [-0.1, -0.05) is 0 Å². The monoisotopic (exact) mass is 550 g/mol. The Morgan fingerprint density at radius 3 is 0.846 bits per heavy atom. The van der Waals surface area contributed by atoms with Crippen molar-refractivity contribution in [1.29, 1.82) is 0 Å². The van der Waals surface area contributed by atoms with Gasteiger partial charge in [0.15, 0.2) is 0 Å². The van der Waals surface area contributed by atoms with Gasteiger partial charge < -0.3 is 28.3 Å². The smallest absolute Gasteiger partial charge is 0.529 e. The fourth-order valence-electron chi connectivity index (χ4n) is 3.06. The Bertz CT molecular complexity index is 1220. The highest BCUT2D eigenvalue weighted by Crippen LogP contribution is 2.30. The van der Waals surface area contributed by atoms with Crippen molar-refractivity contribution in [1.82, 2.24) is 0 Å². The van der Waals surface area contributed by atoms with Crippen LogP contribution in [-0.2, 0) is 0 Å². The Morgan fingerprint density at radius 1 is 0.359 bits per heavy atom. The van der Waals surface area contributed by atoms with Crippen molar-refractivity contribution in [2.75, 3.05) is 0 Å². The Hall–Kier alpha value is -4.68. The van der Waals surface area contributed by atoms with Gasteiger partial charge in [-0.05, 0) is 97.1 Å². The van der Waals surface area contributed by atoms with Crippen molar-refractivity contribution in [2.24, 2.45) is 0 Å². The third-order valence-corrected chi connectivity index (χ3v) is 4.68. The summed E-state index contributed by atoms with van der Waals surface area (Å²) < 4.78 is 103. The number of alkyl halides is 6. The first-order valence-corrected chi connectivity index (χ1v) is 11.0. The highest BCUT2D eigenvalue weighted by molar-refractivity contribution is 6.20. The van der Waals surface area contributed by atoms with Crippen molar-refractivity contribution < 1.29 is 54.6 Å². The summed E-state index contributed by atoms with van der Waals surface area (Å²) in [5, 5.41) is 0. The molecule has 13 heteroatoms. The lowest BCUT2D eigenvalue weighted by molar-refractivity contribution is -0.275. The molecule has 0 saturated heterocycles. The van der Waals surface area contributed by atoms with E-state index in [1.165, 1.54) is 24.3 Å². The summed E-state index contributed by atoms with van der Waals surface area (Å²) in [5.74, 6) is 1.77. The van der Waals surface area contributed by atoms with Crippen LogP contribution >= 0.6 is 0 Å². The molecule has 4 aromatic carbocycles. The SMILES string of the molecule is FC(F)(F)Oc1ccc(Oc2ccc(OBOc3ccc(Oc4ccc(OC(F)(F)F)cc4)cc3)cc2)cc1. The van der Waals surface area contributed by atoms with Gasteiger partial charge in [-0.25, -0.2) is 0 Å². The molecule has 39 heavy (non-hydrogen) atoms. The lowest BCUT2D eigenvalue weighted by Crippen LogP contribution is -2.16. The van der Waals surface area contributed by atoms with Crippen LogP contribution in [0.3, 0.4) is 0 Å². The predicted octanol–water partition coefficient (Wildman–Crippen LogP) is 7.79. The number of halogens is 6. The van der Waals surface area contributed by atoms with Crippen LogP contribution in [0.5, 0.6) is 46.0 Å². The minimum atomic E-state index is -4.77. The quantitative estimate of drug-likeness (QED) is 0.149. The van der Waals surface area contributed by atoms with Crippen LogP contribution in [0.15, 0.2) is 97.1 Å². The molecule has 0 aromatic heterocycles. The first-order valence-electron chi connectivity index (χ1n) is 11.0. The Morgan fingerprint density at radius 2 is 0.590 bits per heavy atom. The van der Waals surface area contributed by atoms with Crippen LogP contribution in [0.25, 0.3) is 0 Å². The van der Waals surface area contributed by atoms with Crippen LogP contribution < -0.4 is 28.3 Å². The second-order valence-electron chi connectivity index (χ2n) is 7.59. The summed E-state index contributed by atoms with van der Waals surface area (Å²) in [6, 6.07) is 22.9. The zero-order valence-electron chi connectivity index (χ0n) is 19.7. The second kappa shape index (κ2) is 11.8. The number of benzene rings is 4. The minimum Gasteiger partial charge on any atom is -0.529 e. The normalized spacial score (nSPS) is 11.3. The fraction of sp³-hybridized carbons (Fsp3) is 0.0769. The van der Waals surface area contributed by atoms with E-state index in [0.717, 1.165) is 24.3 Å². The third-order valence-electron chi connectivity index (χ3n) is 4.68. The standard InChI is InChI=1S/C26H17BF6O6/c28-25(29,30)36-21-9-1-17(2-10-21)34-19-5-13-23(14-6-19)38-27-39-24-15-7-20(8-16-24)35-18-3-11-22(12-4-18)37-26(31,32)33/h1-16,27H. The zero-order chi connectivity index (χ0) is 27.9. The molecule has 6 nitrogen and oxygen atoms in total. The molecule has 0 unspecified atom stereocenters. The highest BCUT2D eigenvalue weighted by Gasteiger charge is 2.31. The molecular formula is C26H17BF6O6. The maximum Gasteiger partial charge on any atom is 0.576 e. The summed E-state index contributed by atoms with van der Waals surface area (Å²) in [5.41, 5.74) is 0. The maximum absolute atomic E-state index is 12.2. The Kier molecular flexibility index (Phi) is 8.28. The summed E-state index contributed by atoms with van der Waals surface area (Å²) in [6.07, 6.45) is -9.53. The zero-order valence-corrected chi connectivity index (χ0v) is 19.7. The number of hydrogen-bond donors (Lipinski definition) is 0. The molecule has 0 N–H and O–H groups in total. The molecule has 0 saturated carbocycles. The summed E-state index contributed by atoms with van der Waals surface area (Å²) in [6.45, 7) is 0. The van der Waals surface area contributed by atoms with Gasteiger partial charge in [0.1, 0.15) is 46.0 Å². The van der Waals surface area contributed by atoms with Crippen molar-refractivity contribution >= 4 is 7.69 Å². The van der Waals surface area contributed by atoms with E-state index in [2.05, 4.69) is 9.47 Å². The third kappa shape index (κ3) is 9.29. The molecule has 0 radical (unpaired) electrons. The van der Waals surface area contributed by atoms with Gasteiger partial charge in [0, 0.05) is 0 Å². The van der Waals surface area contributed by atoms with Crippen LogP contribution in [0.4, 0.5) is 26.3 Å². The molecule has 0 heterocycles. The van der Waals surface area contributed by atoms with Crippen molar-refractivity contribution in [3.63, 3.8) is 0 Å². The number of ether oxygens (including phenoxy) is 4.